The first kappa shape index (κ1) is 21.0. The molecule has 2 N–H and O–H groups in total. The summed E-state index contributed by atoms with van der Waals surface area (Å²) in [5.74, 6) is 1.02. The number of rotatable bonds is 9. The molecule has 7 heteroatoms. The van der Waals surface area contributed by atoms with Crippen LogP contribution in [0.1, 0.15) is 52.4 Å². The summed E-state index contributed by atoms with van der Waals surface area (Å²) < 4.78 is 11.0. The van der Waals surface area contributed by atoms with Crippen LogP contribution >= 0.6 is 0 Å². The lowest BCUT2D eigenvalue weighted by Gasteiger charge is -2.33. The minimum atomic E-state index is 0.243. The molecule has 0 radical (unpaired) electrons. The number of amides is 1. The summed E-state index contributed by atoms with van der Waals surface area (Å²) in [4.78, 5) is 19.0. The summed E-state index contributed by atoms with van der Waals surface area (Å²) in [5.41, 5.74) is 0. The van der Waals surface area contributed by atoms with Gasteiger partial charge in [-0.1, -0.05) is 0 Å². The number of nitrogens with zero attached hydrogens (tertiary/aromatic N) is 2. The van der Waals surface area contributed by atoms with E-state index in [1.165, 1.54) is 6.42 Å². The number of hydrogen-bond donors (Lipinski definition) is 2. The van der Waals surface area contributed by atoms with Crippen LogP contribution in [0.5, 0.6) is 0 Å². The molecule has 2 heterocycles. The zero-order valence-corrected chi connectivity index (χ0v) is 16.5. The molecule has 26 heavy (non-hydrogen) atoms. The maximum Gasteiger partial charge on any atom is 0.224 e. The molecule has 0 spiro atoms. The van der Waals surface area contributed by atoms with Crippen molar-refractivity contribution in [2.24, 2.45) is 4.99 Å². The highest BCUT2D eigenvalue weighted by Crippen LogP contribution is 2.16. The average Bonchev–Trinajstić information content (AvgIpc) is 3.15. The van der Waals surface area contributed by atoms with E-state index in [1.807, 2.05) is 11.8 Å². The fourth-order valence-corrected chi connectivity index (χ4v) is 3.39. The zero-order chi connectivity index (χ0) is 18.6. The van der Waals surface area contributed by atoms with Gasteiger partial charge in [0.15, 0.2) is 5.96 Å². The number of ether oxygens (including phenoxy) is 2. The van der Waals surface area contributed by atoms with Crippen LogP contribution in [0.3, 0.4) is 0 Å². The highest BCUT2D eigenvalue weighted by Gasteiger charge is 2.22. The molecule has 1 amide bonds. The van der Waals surface area contributed by atoms with Crippen LogP contribution in [0.25, 0.3) is 0 Å². The Kier molecular flexibility index (Phi) is 9.77. The number of hydrogen-bond acceptors (Lipinski definition) is 4. The Labute approximate surface area is 157 Å². The highest BCUT2D eigenvalue weighted by molar-refractivity contribution is 5.81. The molecule has 0 aliphatic carbocycles. The standard InChI is InChI=1S/C19H36N4O3/c1-3-20-19(21-10-6-13-26-17-9-14-25-15-17)22-11-8-18(24)23-12-5-4-7-16(23)2/h16-17H,3-15H2,1-2H3,(H2,20,21,22). The van der Waals surface area contributed by atoms with E-state index in [0.29, 0.717) is 32.2 Å². The summed E-state index contributed by atoms with van der Waals surface area (Å²) in [6, 6.07) is 0.378. The van der Waals surface area contributed by atoms with Crippen LogP contribution in [-0.4, -0.2) is 74.9 Å². The summed E-state index contributed by atoms with van der Waals surface area (Å²) >= 11 is 0. The van der Waals surface area contributed by atoms with Crippen LogP contribution in [0.2, 0.25) is 0 Å². The van der Waals surface area contributed by atoms with Crippen molar-refractivity contribution in [3.63, 3.8) is 0 Å². The molecule has 0 saturated carbocycles. The Bertz CT molecular complexity index is 439. The molecule has 0 aromatic carbocycles. The SMILES string of the molecule is CCNC(=NCCCOC1CCOC1)NCCC(=O)N1CCCCC1C. The van der Waals surface area contributed by atoms with Gasteiger partial charge in [-0.25, -0.2) is 0 Å². The van der Waals surface area contributed by atoms with Gasteiger partial charge in [-0.2, -0.15) is 0 Å². The topological polar surface area (TPSA) is 75.2 Å². The van der Waals surface area contributed by atoms with Gasteiger partial charge in [0.2, 0.25) is 5.91 Å². The molecule has 2 aliphatic rings. The summed E-state index contributed by atoms with van der Waals surface area (Å²) in [6.07, 6.45) is 6.14. The molecular formula is C19H36N4O3. The molecule has 2 unspecified atom stereocenters. The maximum absolute atomic E-state index is 12.4. The normalized spacial score (nSPS) is 23.9. The highest BCUT2D eigenvalue weighted by atomic mass is 16.5. The lowest BCUT2D eigenvalue weighted by molar-refractivity contribution is -0.134. The molecule has 2 rings (SSSR count). The van der Waals surface area contributed by atoms with E-state index < -0.39 is 0 Å². The number of carbonyl (C=O) groups excluding carboxylic acids is 1. The predicted molar refractivity (Wildman–Crippen MR) is 103 cm³/mol. The molecule has 0 aromatic rings. The third-order valence-corrected chi connectivity index (χ3v) is 4.91. The van der Waals surface area contributed by atoms with Gasteiger partial charge in [0, 0.05) is 51.9 Å². The van der Waals surface area contributed by atoms with Gasteiger partial charge >= 0.3 is 0 Å². The first-order valence-corrected chi connectivity index (χ1v) is 10.2. The minimum Gasteiger partial charge on any atom is -0.379 e. The first-order valence-electron chi connectivity index (χ1n) is 10.2. The fourth-order valence-electron chi connectivity index (χ4n) is 3.39. The summed E-state index contributed by atoms with van der Waals surface area (Å²) in [7, 11) is 0. The number of nitrogens with one attached hydrogen (secondary N) is 2. The van der Waals surface area contributed by atoms with Crippen LogP contribution < -0.4 is 10.6 Å². The van der Waals surface area contributed by atoms with Gasteiger partial charge < -0.3 is 25.0 Å². The Balaban J connectivity index is 1.61. The van der Waals surface area contributed by atoms with Crippen LogP contribution in [-0.2, 0) is 14.3 Å². The number of carbonyl (C=O) groups is 1. The van der Waals surface area contributed by atoms with Gasteiger partial charge in [-0.3, -0.25) is 9.79 Å². The van der Waals surface area contributed by atoms with Crippen molar-refractivity contribution in [3.8, 4) is 0 Å². The molecule has 0 aromatic heterocycles. The average molecular weight is 369 g/mol. The lowest BCUT2D eigenvalue weighted by Crippen LogP contribution is -2.44. The largest absolute Gasteiger partial charge is 0.379 e. The minimum absolute atomic E-state index is 0.243. The van der Waals surface area contributed by atoms with E-state index in [2.05, 4.69) is 22.5 Å². The molecule has 7 nitrogen and oxygen atoms in total. The van der Waals surface area contributed by atoms with Crippen molar-refractivity contribution in [1.29, 1.82) is 0 Å². The molecule has 0 bridgehead atoms. The van der Waals surface area contributed by atoms with Crippen LogP contribution in [0.4, 0.5) is 0 Å². The maximum atomic E-state index is 12.4. The van der Waals surface area contributed by atoms with E-state index in [4.69, 9.17) is 9.47 Å². The molecule has 2 aliphatic heterocycles. The number of piperidine rings is 1. The monoisotopic (exact) mass is 368 g/mol. The lowest BCUT2D eigenvalue weighted by atomic mass is 10.0. The third kappa shape index (κ3) is 7.50. The quantitative estimate of drug-likeness (QED) is 0.367. The zero-order valence-electron chi connectivity index (χ0n) is 16.5. The van der Waals surface area contributed by atoms with Crippen molar-refractivity contribution in [2.45, 2.75) is 64.5 Å². The predicted octanol–water partition coefficient (Wildman–Crippen LogP) is 1.53. The van der Waals surface area contributed by atoms with Gasteiger partial charge in [-0.15, -0.1) is 0 Å². The molecule has 2 saturated heterocycles. The van der Waals surface area contributed by atoms with Crippen molar-refractivity contribution in [1.82, 2.24) is 15.5 Å². The van der Waals surface area contributed by atoms with E-state index >= 15 is 0 Å². The number of guanidine groups is 1. The van der Waals surface area contributed by atoms with Crippen molar-refractivity contribution in [2.75, 3.05) is 46.0 Å². The van der Waals surface area contributed by atoms with Crippen LogP contribution in [0.15, 0.2) is 4.99 Å². The third-order valence-electron chi connectivity index (χ3n) is 4.91. The van der Waals surface area contributed by atoms with Crippen molar-refractivity contribution < 1.29 is 14.3 Å². The molecule has 150 valence electrons. The Morgan fingerprint density at radius 1 is 1.31 bits per heavy atom. The smallest absolute Gasteiger partial charge is 0.224 e. The van der Waals surface area contributed by atoms with E-state index in [1.54, 1.807) is 0 Å². The van der Waals surface area contributed by atoms with Gasteiger partial charge in [0.05, 0.1) is 12.7 Å². The Morgan fingerprint density at radius 3 is 2.92 bits per heavy atom. The van der Waals surface area contributed by atoms with Gasteiger partial charge in [-0.05, 0) is 46.0 Å². The second-order valence-corrected chi connectivity index (χ2v) is 7.08. The van der Waals surface area contributed by atoms with E-state index in [9.17, 15) is 4.79 Å². The van der Waals surface area contributed by atoms with E-state index in [0.717, 1.165) is 57.9 Å². The van der Waals surface area contributed by atoms with Gasteiger partial charge in [0.25, 0.3) is 0 Å². The first-order chi connectivity index (χ1) is 12.7. The van der Waals surface area contributed by atoms with Crippen molar-refractivity contribution >= 4 is 11.9 Å². The molecule has 2 fully saturated rings. The Hall–Kier alpha value is -1.34. The van der Waals surface area contributed by atoms with Crippen LogP contribution in [0, 0.1) is 0 Å². The fraction of sp³-hybridized carbons (Fsp3) is 0.895. The second kappa shape index (κ2) is 12.1. The molecular weight excluding hydrogens is 332 g/mol. The second-order valence-electron chi connectivity index (χ2n) is 7.08. The Morgan fingerprint density at radius 2 is 2.19 bits per heavy atom. The van der Waals surface area contributed by atoms with Crippen molar-refractivity contribution in [3.05, 3.63) is 0 Å². The van der Waals surface area contributed by atoms with Gasteiger partial charge in [0.1, 0.15) is 0 Å². The summed E-state index contributed by atoms with van der Waals surface area (Å²) in [5, 5.41) is 6.50. The molecule has 2 atom stereocenters. The number of aliphatic imine (C=N–C) groups is 1. The summed E-state index contributed by atoms with van der Waals surface area (Å²) in [6.45, 7) is 9.46. The van der Waals surface area contributed by atoms with E-state index in [-0.39, 0.29) is 12.0 Å². The number of likely N-dealkylation sites (tertiary alicyclic amines) is 1.